The van der Waals surface area contributed by atoms with Crippen molar-refractivity contribution in [2.24, 2.45) is 0 Å². The Morgan fingerprint density at radius 2 is 2.10 bits per heavy atom. The molecule has 0 saturated heterocycles. The van der Waals surface area contributed by atoms with Gasteiger partial charge in [0, 0.05) is 23.5 Å². The predicted octanol–water partition coefficient (Wildman–Crippen LogP) is 2.13. The second-order valence-corrected chi connectivity index (χ2v) is 5.39. The highest BCUT2D eigenvalue weighted by atomic mass is 16.4. The summed E-state index contributed by atoms with van der Waals surface area (Å²) in [5, 5.41) is 18.2. The first-order valence-corrected chi connectivity index (χ1v) is 6.02. The maximum Gasteiger partial charge on any atom is 0.335 e. The lowest BCUT2D eigenvalue weighted by Crippen LogP contribution is -2.17. The van der Waals surface area contributed by atoms with Gasteiger partial charge in [-0.3, -0.25) is 4.57 Å². The van der Waals surface area contributed by atoms with Crippen LogP contribution < -0.4 is 0 Å². The number of nitriles is 1. The van der Waals surface area contributed by atoms with Gasteiger partial charge in [0.25, 0.3) is 0 Å². The molecular formula is C14H14N4O2. The van der Waals surface area contributed by atoms with Gasteiger partial charge in [0.15, 0.2) is 0 Å². The Morgan fingerprint density at radius 3 is 2.65 bits per heavy atom. The summed E-state index contributed by atoms with van der Waals surface area (Å²) in [6.07, 6.45) is 3.06. The number of rotatable bonds is 2. The van der Waals surface area contributed by atoms with Crippen molar-refractivity contribution in [3.05, 3.63) is 41.6 Å². The third kappa shape index (κ3) is 2.52. The first-order valence-electron chi connectivity index (χ1n) is 6.02. The van der Waals surface area contributed by atoms with E-state index < -0.39 is 5.97 Å². The molecule has 0 atom stereocenters. The molecule has 0 fully saturated rings. The highest BCUT2D eigenvalue weighted by Gasteiger charge is 2.20. The number of hydrogen-bond donors (Lipinski definition) is 1. The van der Waals surface area contributed by atoms with E-state index in [1.165, 1.54) is 16.8 Å². The molecule has 0 unspecified atom stereocenters. The van der Waals surface area contributed by atoms with Crippen molar-refractivity contribution in [2.75, 3.05) is 0 Å². The summed E-state index contributed by atoms with van der Waals surface area (Å²) in [5.41, 5.74) is 0.482. The monoisotopic (exact) mass is 270 g/mol. The van der Waals surface area contributed by atoms with Crippen molar-refractivity contribution in [3.8, 4) is 11.9 Å². The number of pyridine rings is 1. The van der Waals surface area contributed by atoms with Crippen LogP contribution in [-0.4, -0.2) is 25.6 Å². The van der Waals surface area contributed by atoms with E-state index in [0.717, 1.165) is 0 Å². The maximum atomic E-state index is 11.2. The van der Waals surface area contributed by atoms with Gasteiger partial charge in [-0.25, -0.2) is 14.8 Å². The van der Waals surface area contributed by atoms with E-state index in [9.17, 15) is 9.90 Å². The second kappa shape index (κ2) is 4.78. The minimum absolute atomic E-state index is 0.137. The van der Waals surface area contributed by atoms with E-state index in [-0.39, 0.29) is 16.8 Å². The molecule has 2 aromatic rings. The number of carboxylic acids is 1. The molecule has 0 aliphatic rings. The number of nitrogens with zero attached hydrogens (tertiary/aromatic N) is 4. The zero-order chi connectivity index (χ0) is 14.9. The van der Waals surface area contributed by atoms with Crippen LogP contribution in [0.15, 0.2) is 24.5 Å². The van der Waals surface area contributed by atoms with Gasteiger partial charge >= 0.3 is 5.97 Å². The topological polar surface area (TPSA) is 91.8 Å². The van der Waals surface area contributed by atoms with Crippen LogP contribution in [0.1, 0.15) is 42.6 Å². The minimum atomic E-state index is -1.03. The quantitative estimate of drug-likeness (QED) is 0.902. The van der Waals surface area contributed by atoms with Gasteiger partial charge in [-0.15, -0.1) is 0 Å². The molecule has 0 spiro atoms. The first kappa shape index (κ1) is 13.7. The summed E-state index contributed by atoms with van der Waals surface area (Å²) in [5.74, 6) is -0.485. The Bertz CT molecular complexity index is 705. The molecule has 0 radical (unpaired) electrons. The summed E-state index contributed by atoms with van der Waals surface area (Å²) in [4.78, 5) is 19.6. The molecular weight excluding hydrogens is 256 g/mol. The zero-order valence-corrected chi connectivity index (χ0v) is 11.5. The molecule has 0 aliphatic carbocycles. The fourth-order valence-electron chi connectivity index (χ4n) is 1.72. The van der Waals surface area contributed by atoms with Crippen molar-refractivity contribution in [1.82, 2.24) is 14.5 Å². The van der Waals surface area contributed by atoms with Crippen molar-refractivity contribution in [3.63, 3.8) is 0 Å². The fraction of sp³-hybridized carbons (Fsp3) is 0.286. The molecule has 0 bridgehead atoms. The van der Waals surface area contributed by atoms with Crippen LogP contribution in [0.4, 0.5) is 0 Å². The number of hydrogen-bond acceptors (Lipinski definition) is 4. The highest BCUT2D eigenvalue weighted by Crippen LogP contribution is 2.23. The second-order valence-electron chi connectivity index (χ2n) is 5.39. The zero-order valence-electron chi connectivity index (χ0n) is 11.5. The van der Waals surface area contributed by atoms with Crippen molar-refractivity contribution in [1.29, 1.82) is 5.26 Å². The molecule has 0 saturated carbocycles. The number of carboxylic acid groups (broad SMARTS) is 1. The van der Waals surface area contributed by atoms with Crippen LogP contribution in [0.2, 0.25) is 0 Å². The summed E-state index contributed by atoms with van der Waals surface area (Å²) in [6, 6.07) is 4.93. The van der Waals surface area contributed by atoms with Crippen LogP contribution in [-0.2, 0) is 5.41 Å². The van der Waals surface area contributed by atoms with Crippen LogP contribution in [0.25, 0.3) is 5.82 Å². The van der Waals surface area contributed by atoms with E-state index in [1.807, 2.05) is 26.8 Å². The number of aromatic nitrogens is 3. The molecule has 6 nitrogen and oxygen atoms in total. The lowest BCUT2D eigenvalue weighted by atomic mass is 9.91. The van der Waals surface area contributed by atoms with E-state index >= 15 is 0 Å². The van der Waals surface area contributed by atoms with Gasteiger partial charge in [-0.05, 0) is 12.1 Å². The van der Waals surface area contributed by atoms with Crippen LogP contribution in [0.3, 0.4) is 0 Å². The van der Waals surface area contributed by atoms with Crippen molar-refractivity contribution < 1.29 is 9.90 Å². The normalized spacial score (nSPS) is 11.1. The predicted molar refractivity (Wildman–Crippen MR) is 71.7 cm³/mol. The Morgan fingerprint density at radius 1 is 1.40 bits per heavy atom. The molecule has 2 aromatic heterocycles. The summed E-state index contributed by atoms with van der Waals surface area (Å²) in [6.45, 7) is 5.84. The summed E-state index contributed by atoms with van der Waals surface area (Å²) in [7, 11) is 0. The van der Waals surface area contributed by atoms with Crippen molar-refractivity contribution >= 4 is 5.97 Å². The molecule has 0 amide bonds. The smallest absolute Gasteiger partial charge is 0.335 e. The largest absolute Gasteiger partial charge is 0.478 e. The van der Waals surface area contributed by atoms with Gasteiger partial charge in [-0.2, -0.15) is 5.26 Å². The molecule has 0 aliphatic heterocycles. The summed E-state index contributed by atoms with van der Waals surface area (Å²) < 4.78 is 1.47. The fourth-order valence-corrected chi connectivity index (χ4v) is 1.72. The van der Waals surface area contributed by atoms with Gasteiger partial charge in [0.2, 0.25) is 5.82 Å². The Labute approximate surface area is 116 Å². The molecule has 6 heteroatoms. The average molecular weight is 270 g/mol. The van der Waals surface area contributed by atoms with E-state index in [0.29, 0.717) is 11.5 Å². The Kier molecular flexibility index (Phi) is 3.28. The molecule has 1 N–H and O–H groups in total. The number of aromatic carboxylic acids is 1. The van der Waals surface area contributed by atoms with Crippen LogP contribution in [0, 0.1) is 11.3 Å². The molecule has 2 heterocycles. The van der Waals surface area contributed by atoms with Gasteiger partial charge in [0.05, 0.1) is 5.56 Å². The van der Waals surface area contributed by atoms with E-state index in [4.69, 9.17) is 5.26 Å². The van der Waals surface area contributed by atoms with Crippen LogP contribution in [0.5, 0.6) is 0 Å². The standard InChI is InChI=1S/C14H14N4O2/c1-14(2,3)10-6-9(13(19)20)7-11(17-10)18-5-4-16-12(18)8-15/h4-7H,1-3H3,(H,19,20). The lowest BCUT2D eigenvalue weighted by Gasteiger charge is -2.19. The highest BCUT2D eigenvalue weighted by molar-refractivity contribution is 5.88. The maximum absolute atomic E-state index is 11.2. The lowest BCUT2D eigenvalue weighted by molar-refractivity contribution is 0.0696. The SMILES string of the molecule is CC(C)(C)c1cc(C(=O)O)cc(-n2ccnc2C#N)n1. The molecule has 0 aromatic carbocycles. The Balaban J connectivity index is 2.68. The van der Waals surface area contributed by atoms with Gasteiger partial charge in [-0.1, -0.05) is 20.8 Å². The Hall–Kier alpha value is -2.68. The molecule has 20 heavy (non-hydrogen) atoms. The van der Waals surface area contributed by atoms with E-state index in [1.54, 1.807) is 12.3 Å². The average Bonchev–Trinajstić information content (AvgIpc) is 2.85. The third-order valence-corrected chi connectivity index (χ3v) is 2.81. The van der Waals surface area contributed by atoms with Gasteiger partial charge < -0.3 is 5.11 Å². The minimum Gasteiger partial charge on any atom is -0.478 e. The van der Waals surface area contributed by atoms with Crippen molar-refractivity contribution in [2.45, 2.75) is 26.2 Å². The number of carbonyl (C=O) groups is 1. The first-order chi connectivity index (χ1) is 9.32. The van der Waals surface area contributed by atoms with E-state index in [2.05, 4.69) is 9.97 Å². The van der Waals surface area contributed by atoms with Gasteiger partial charge in [0.1, 0.15) is 11.9 Å². The number of imidazole rings is 1. The molecule has 2 rings (SSSR count). The third-order valence-electron chi connectivity index (χ3n) is 2.81. The summed E-state index contributed by atoms with van der Waals surface area (Å²) >= 11 is 0. The molecule has 102 valence electrons. The van der Waals surface area contributed by atoms with Crippen LogP contribution >= 0.6 is 0 Å².